The Morgan fingerprint density at radius 3 is 2.71 bits per heavy atom. The lowest BCUT2D eigenvalue weighted by atomic mass is 10.1. The maximum Gasteiger partial charge on any atom is 0.135 e. The van der Waals surface area contributed by atoms with E-state index in [0.717, 1.165) is 39.9 Å². The molecule has 0 radical (unpaired) electrons. The van der Waals surface area contributed by atoms with Crippen molar-refractivity contribution in [1.29, 1.82) is 0 Å². The summed E-state index contributed by atoms with van der Waals surface area (Å²) in [5, 5.41) is 2.02. The second-order valence-corrected chi connectivity index (χ2v) is 5.83. The Labute approximate surface area is 141 Å². The van der Waals surface area contributed by atoms with Crippen LogP contribution in [0.4, 0.5) is 5.69 Å². The van der Waals surface area contributed by atoms with Gasteiger partial charge in [-0.2, -0.15) is 0 Å². The van der Waals surface area contributed by atoms with Gasteiger partial charge >= 0.3 is 0 Å². The first-order valence-corrected chi connectivity index (χ1v) is 7.97. The first kappa shape index (κ1) is 16.0. The van der Waals surface area contributed by atoms with Gasteiger partial charge in [-0.25, -0.2) is 0 Å². The zero-order valence-corrected chi connectivity index (χ0v) is 13.7. The van der Waals surface area contributed by atoms with E-state index in [2.05, 4.69) is 4.98 Å². The maximum absolute atomic E-state index is 11.2. The highest BCUT2D eigenvalue weighted by atomic mass is 16.5. The monoisotopic (exact) mass is 320 g/mol. The normalized spacial score (nSPS) is 10.7. The molecule has 0 saturated carbocycles. The first-order valence-electron chi connectivity index (χ1n) is 7.97. The van der Waals surface area contributed by atoms with Crippen LogP contribution in [0.3, 0.4) is 0 Å². The van der Waals surface area contributed by atoms with E-state index in [1.165, 1.54) is 0 Å². The third kappa shape index (κ3) is 3.71. The van der Waals surface area contributed by atoms with Gasteiger partial charge in [0.05, 0.1) is 6.61 Å². The van der Waals surface area contributed by atoms with Gasteiger partial charge in [-0.3, -0.25) is 9.78 Å². The molecule has 24 heavy (non-hydrogen) atoms. The molecular formula is C20H20N2O2. The van der Waals surface area contributed by atoms with Crippen molar-refractivity contribution in [1.82, 2.24) is 4.98 Å². The topological polar surface area (TPSA) is 65.2 Å². The SMILES string of the molecule is CC(=O)Cc1cc(CCOc2ccc(N)c3ccccc23)ccn1. The second kappa shape index (κ2) is 7.13. The highest BCUT2D eigenvalue weighted by molar-refractivity contribution is 5.96. The summed E-state index contributed by atoms with van der Waals surface area (Å²) < 4.78 is 5.96. The Kier molecular flexibility index (Phi) is 4.75. The van der Waals surface area contributed by atoms with Crippen molar-refractivity contribution in [3.63, 3.8) is 0 Å². The molecule has 0 amide bonds. The van der Waals surface area contributed by atoms with Gasteiger partial charge < -0.3 is 10.5 Å². The number of carbonyl (C=O) groups is 1. The summed E-state index contributed by atoms with van der Waals surface area (Å²) >= 11 is 0. The summed E-state index contributed by atoms with van der Waals surface area (Å²) in [4.78, 5) is 15.4. The molecule has 0 bridgehead atoms. The van der Waals surface area contributed by atoms with Crippen LogP contribution >= 0.6 is 0 Å². The zero-order chi connectivity index (χ0) is 16.9. The van der Waals surface area contributed by atoms with Crippen LogP contribution in [0.2, 0.25) is 0 Å². The van der Waals surface area contributed by atoms with E-state index in [1.54, 1.807) is 13.1 Å². The van der Waals surface area contributed by atoms with Crippen molar-refractivity contribution in [2.24, 2.45) is 0 Å². The molecule has 0 aliphatic rings. The summed E-state index contributed by atoms with van der Waals surface area (Å²) in [5.41, 5.74) is 8.68. The minimum absolute atomic E-state index is 0.115. The van der Waals surface area contributed by atoms with Gasteiger partial charge in [-0.15, -0.1) is 0 Å². The molecule has 3 rings (SSSR count). The quantitative estimate of drug-likeness (QED) is 0.705. The predicted molar refractivity (Wildman–Crippen MR) is 96.2 cm³/mol. The van der Waals surface area contributed by atoms with Crippen LogP contribution in [0.25, 0.3) is 10.8 Å². The molecule has 4 nitrogen and oxygen atoms in total. The summed E-state index contributed by atoms with van der Waals surface area (Å²) in [7, 11) is 0. The molecule has 1 aromatic heterocycles. The number of Topliss-reactive ketones (excluding diaryl/α,β-unsaturated/α-hetero) is 1. The molecule has 0 spiro atoms. The van der Waals surface area contributed by atoms with Crippen LogP contribution in [-0.2, 0) is 17.6 Å². The molecule has 2 aromatic carbocycles. The second-order valence-electron chi connectivity index (χ2n) is 5.83. The number of pyridine rings is 1. The van der Waals surface area contributed by atoms with Crippen molar-refractivity contribution in [3.8, 4) is 5.75 Å². The van der Waals surface area contributed by atoms with Crippen LogP contribution in [0, 0.1) is 0 Å². The van der Waals surface area contributed by atoms with E-state index in [1.807, 2.05) is 48.5 Å². The molecular weight excluding hydrogens is 300 g/mol. The number of aromatic nitrogens is 1. The fraction of sp³-hybridized carbons (Fsp3) is 0.200. The lowest BCUT2D eigenvalue weighted by molar-refractivity contribution is -0.116. The molecule has 0 unspecified atom stereocenters. The number of nitrogens with two attached hydrogens (primary N) is 1. The van der Waals surface area contributed by atoms with Gasteiger partial charge in [0.15, 0.2) is 0 Å². The van der Waals surface area contributed by atoms with Crippen molar-refractivity contribution >= 4 is 22.2 Å². The van der Waals surface area contributed by atoms with Gasteiger partial charge in [0.2, 0.25) is 0 Å². The Bertz CT molecular complexity index is 874. The van der Waals surface area contributed by atoms with E-state index >= 15 is 0 Å². The van der Waals surface area contributed by atoms with E-state index in [4.69, 9.17) is 10.5 Å². The summed E-state index contributed by atoms with van der Waals surface area (Å²) in [5.74, 6) is 0.946. The molecule has 0 aliphatic heterocycles. The number of hydrogen-bond acceptors (Lipinski definition) is 4. The highest BCUT2D eigenvalue weighted by Gasteiger charge is 2.05. The van der Waals surface area contributed by atoms with E-state index in [-0.39, 0.29) is 5.78 Å². The fourth-order valence-corrected chi connectivity index (χ4v) is 2.73. The smallest absolute Gasteiger partial charge is 0.135 e. The number of fused-ring (bicyclic) bond motifs is 1. The van der Waals surface area contributed by atoms with Gasteiger partial charge in [-0.1, -0.05) is 24.3 Å². The average Bonchev–Trinajstić information content (AvgIpc) is 2.57. The Morgan fingerprint density at radius 2 is 1.92 bits per heavy atom. The number of ether oxygens (including phenoxy) is 1. The third-order valence-corrected chi connectivity index (χ3v) is 3.88. The molecule has 3 aromatic rings. The molecule has 0 fully saturated rings. The van der Waals surface area contributed by atoms with Crippen molar-refractivity contribution in [2.45, 2.75) is 19.8 Å². The zero-order valence-electron chi connectivity index (χ0n) is 13.7. The lowest BCUT2D eigenvalue weighted by Gasteiger charge is -2.11. The number of benzene rings is 2. The lowest BCUT2D eigenvalue weighted by Crippen LogP contribution is -2.04. The Hall–Kier alpha value is -2.88. The van der Waals surface area contributed by atoms with Crippen molar-refractivity contribution in [3.05, 3.63) is 66.0 Å². The number of hydrogen-bond donors (Lipinski definition) is 1. The molecule has 122 valence electrons. The van der Waals surface area contributed by atoms with Crippen LogP contribution in [0.15, 0.2) is 54.7 Å². The highest BCUT2D eigenvalue weighted by Crippen LogP contribution is 2.29. The fourth-order valence-electron chi connectivity index (χ4n) is 2.73. The number of carbonyl (C=O) groups excluding carboxylic acids is 1. The molecule has 4 heteroatoms. The summed E-state index contributed by atoms with van der Waals surface area (Å²) in [6.07, 6.45) is 2.87. The number of rotatable bonds is 6. The summed E-state index contributed by atoms with van der Waals surface area (Å²) in [6, 6.07) is 15.6. The predicted octanol–water partition coefficient (Wildman–Crippen LogP) is 3.57. The van der Waals surface area contributed by atoms with E-state index in [0.29, 0.717) is 13.0 Å². The number of anilines is 1. The Morgan fingerprint density at radius 1 is 1.12 bits per heavy atom. The average molecular weight is 320 g/mol. The maximum atomic E-state index is 11.2. The van der Waals surface area contributed by atoms with Gasteiger partial charge in [-0.05, 0) is 36.8 Å². The van der Waals surface area contributed by atoms with Gasteiger partial charge in [0.25, 0.3) is 0 Å². The van der Waals surface area contributed by atoms with Crippen LogP contribution in [0.1, 0.15) is 18.2 Å². The van der Waals surface area contributed by atoms with E-state index in [9.17, 15) is 4.79 Å². The minimum atomic E-state index is 0.115. The number of ketones is 1. The van der Waals surface area contributed by atoms with Crippen molar-refractivity contribution in [2.75, 3.05) is 12.3 Å². The first-order chi connectivity index (χ1) is 11.6. The molecule has 0 aliphatic carbocycles. The van der Waals surface area contributed by atoms with Gasteiger partial charge in [0, 0.05) is 41.2 Å². The number of nitrogen functional groups attached to an aromatic ring is 1. The van der Waals surface area contributed by atoms with Crippen LogP contribution < -0.4 is 10.5 Å². The standard InChI is InChI=1S/C20H20N2O2/c1-14(23)12-16-13-15(8-10-22-16)9-11-24-20-7-6-19(21)17-4-2-3-5-18(17)20/h2-8,10,13H,9,11-12,21H2,1H3. The van der Waals surface area contributed by atoms with Crippen molar-refractivity contribution < 1.29 is 9.53 Å². The largest absolute Gasteiger partial charge is 0.493 e. The minimum Gasteiger partial charge on any atom is -0.493 e. The third-order valence-electron chi connectivity index (χ3n) is 3.88. The molecule has 1 heterocycles. The molecule has 0 saturated heterocycles. The van der Waals surface area contributed by atoms with Gasteiger partial charge in [0.1, 0.15) is 11.5 Å². The number of nitrogens with zero attached hydrogens (tertiary/aromatic N) is 1. The molecule has 2 N–H and O–H groups in total. The Balaban J connectivity index is 1.69. The van der Waals surface area contributed by atoms with Crippen LogP contribution in [-0.4, -0.2) is 17.4 Å². The van der Waals surface area contributed by atoms with E-state index < -0.39 is 0 Å². The summed E-state index contributed by atoms with van der Waals surface area (Å²) in [6.45, 7) is 2.13. The molecule has 0 atom stereocenters. The van der Waals surface area contributed by atoms with Crippen LogP contribution in [0.5, 0.6) is 5.75 Å².